The zero-order valence-corrected chi connectivity index (χ0v) is 17.0. The van der Waals surface area contributed by atoms with Gasteiger partial charge in [-0.1, -0.05) is 6.42 Å². The molecule has 4 rings (SSSR count). The van der Waals surface area contributed by atoms with E-state index in [-0.39, 0.29) is 42.2 Å². The third-order valence-corrected chi connectivity index (χ3v) is 6.24. The number of nitrogens with one attached hydrogen (secondary N) is 1. The summed E-state index contributed by atoms with van der Waals surface area (Å²) in [6.07, 6.45) is 7.13. The largest absolute Gasteiger partial charge is 0.493 e. The van der Waals surface area contributed by atoms with Crippen molar-refractivity contribution < 1.29 is 14.3 Å². The van der Waals surface area contributed by atoms with Crippen molar-refractivity contribution in [1.29, 1.82) is 0 Å². The minimum Gasteiger partial charge on any atom is -0.493 e. The third kappa shape index (κ3) is 4.44. The van der Waals surface area contributed by atoms with Crippen molar-refractivity contribution >= 4 is 29.9 Å². The van der Waals surface area contributed by atoms with Crippen molar-refractivity contribution in [3.63, 3.8) is 0 Å². The van der Waals surface area contributed by atoms with Gasteiger partial charge in [0.25, 0.3) is 0 Å². The molecule has 0 spiro atoms. The van der Waals surface area contributed by atoms with Gasteiger partial charge in [-0.2, -0.15) is 0 Å². The number of likely N-dealkylation sites (tertiary alicyclic amines) is 1. The average molecular weight is 408 g/mol. The van der Waals surface area contributed by atoms with Crippen molar-refractivity contribution in [3.05, 3.63) is 23.8 Å². The van der Waals surface area contributed by atoms with E-state index < -0.39 is 0 Å². The number of nitrogens with two attached hydrogens (primary N) is 1. The second-order valence-electron chi connectivity index (χ2n) is 8.07. The summed E-state index contributed by atoms with van der Waals surface area (Å²) in [5.74, 6) is 1.16. The number of carbonyl (C=O) groups is 2. The number of amides is 2. The van der Waals surface area contributed by atoms with Gasteiger partial charge in [0.05, 0.1) is 6.61 Å². The number of halogens is 1. The molecule has 2 fully saturated rings. The van der Waals surface area contributed by atoms with E-state index in [9.17, 15) is 9.59 Å². The van der Waals surface area contributed by atoms with Crippen molar-refractivity contribution in [2.75, 3.05) is 18.5 Å². The Labute approximate surface area is 172 Å². The smallest absolute Gasteiger partial charge is 0.247 e. The molecule has 2 aliphatic heterocycles. The number of benzene rings is 1. The molecule has 28 heavy (non-hydrogen) atoms. The van der Waals surface area contributed by atoms with Crippen LogP contribution in [0.2, 0.25) is 0 Å². The summed E-state index contributed by atoms with van der Waals surface area (Å²) in [6.45, 7) is 1.36. The van der Waals surface area contributed by atoms with Crippen LogP contribution >= 0.6 is 12.4 Å². The molecule has 3 aliphatic rings. The first-order chi connectivity index (χ1) is 13.1. The van der Waals surface area contributed by atoms with E-state index >= 15 is 0 Å². The predicted molar refractivity (Wildman–Crippen MR) is 111 cm³/mol. The fourth-order valence-electron chi connectivity index (χ4n) is 4.65. The maximum atomic E-state index is 12.9. The van der Waals surface area contributed by atoms with Crippen LogP contribution < -0.4 is 15.8 Å². The first-order valence-corrected chi connectivity index (χ1v) is 10.2. The van der Waals surface area contributed by atoms with Gasteiger partial charge < -0.3 is 20.7 Å². The van der Waals surface area contributed by atoms with Crippen molar-refractivity contribution in [1.82, 2.24) is 4.90 Å². The van der Waals surface area contributed by atoms with Crippen LogP contribution in [0.25, 0.3) is 0 Å². The van der Waals surface area contributed by atoms with E-state index in [4.69, 9.17) is 10.5 Å². The summed E-state index contributed by atoms with van der Waals surface area (Å²) in [4.78, 5) is 27.6. The molecule has 2 heterocycles. The molecule has 7 heteroatoms. The number of hydrogen-bond acceptors (Lipinski definition) is 4. The lowest BCUT2D eigenvalue weighted by molar-refractivity contribution is -0.141. The molecule has 1 aliphatic carbocycles. The Balaban J connectivity index is 0.00000225. The van der Waals surface area contributed by atoms with Crippen LogP contribution in [0.15, 0.2) is 18.2 Å². The van der Waals surface area contributed by atoms with Gasteiger partial charge in [-0.15, -0.1) is 12.4 Å². The molecule has 1 aromatic carbocycles. The second kappa shape index (κ2) is 9.14. The molecule has 0 radical (unpaired) electrons. The van der Waals surface area contributed by atoms with Crippen LogP contribution in [0.3, 0.4) is 0 Å². The molecule has 0 bridgehead atoms. The van der Waals surface area contributed by atoms with E-state index in [1.165, 1.54) is 0 Å². The van der Waals surface area contributed by atoms with Gasteiger partial charge in [0, 0.05) is 31.1 Å². The second-order valence-corrected chi connectivity index (χ2v) is 8.07. The number of piperidine rings is 1. The molecule has 154 valence electrons. The van der Waals surface area contributed by atoms with Gasteiger partial charge in [0.1, 0.15) is 11.8 Å². The first kappa shape index (κ1) is 20.9. The Morgan fingerprint density at radius 3 is 2.82 bits per heavy atom. The first-order valence-electron chi connectivity index (χ1n) is 10.2. The van der Waals surface area contributed by atoms with Crippen LogP contribution in [-0.4, -0.2) is 41.9 Å². The summed E-state index contributed by atoms with van der Waals surface area (Å²) in [5, 5.41) is 3.02. The Kier molecular flexibility index (Phi) is 6.83. The summed E-state index contributed by atoms with van der Waals surface area (Å²) < 4.78 is 5.52. The molecule has 1 unspecified atom stereocenters. The van der Waals surface area contributed by atoms with Crippen LogP contribution in [-0.2, 0) is 16.0 Å². The fraction of sp³-hybridized carbons (Fsp3) is 0.619. The van der Waals surface area contributed by atoms with E-state index in [0.717, 1.165) is 61.9 Å². The summed E-state index contributed by atoms with van der Waals surface area (Å²) in [7, 11) is 0. The lowest BCUT2D eigenvalue weighted by atomic mass is 9.96. The Bertz CT molecular complexity index is 727. The molecule has 1 saturated heterocycles. The van der Waals surface area contributed by atoms with Crippen LogP contribution in [0.1, 0.15) is 50.5 Å². The number of rotatable bonds is 4. The average Bonchev–Trinajstić information content (AvgIpc) is 3.30. The quantitative estimate of drug-likeness (QED) is 0.803. The SMILES string of the molecule is Cl.N[C@@H]1CCC[C@H]1CC(=O)N1CCCCC1C(=O)Nc1ccc2c(c1)CCO2. The van der Waals surface area contributed by atoms with Crippen molar-refractivity contribution in [3.8, 4) is 5.75 Å². The van der Waals surface area contributed by atoms with E-state index in [2.05, 4.69) is 5.32 Å². The van der Waals surface area contributed by atoms with Crippen LogP contribution in [0.4, 0.5) is 5.69 Å². The predicted octanol–water partition coefficient (Wildman–Crippen LogP) is 2.88. The Hall–Kier alpha value is -1.79. The van der Waals surface area contributed by atoms with Gasteiger partial charge in [-0.05, 0) is 61.8 Å². The number of ether oxygens (including phenoxy) is 1. The fourth-order valence-corrected chi connectivity index (χ4v) is 4.65. The van der Waals surface area contributed by atoms with Crippen molar-refractivity contribution in [2.45, 2.75) is 63.5 Å². The van der Waals surface area contributed by atoms with Crippen molar-refractivity contribution in [2.24, 2.45) is 11.7 Å². The monoisotopic (exact) mass is 407 g/mol. The molecular formula is C21H30ClN3O3. The topological polar surface area (TPSA) is 84.7 Å². The van der Waals surface area contributed by atoms with E-state index in [1.54, 1.807) is 4.90 Å². The van der Waals surface area contributed by atoms with E-state index in [1.807, 2.05) is 18.2 Å². The van der Waals surface area contributed by atoms with Gasteiger partial charge >= 0.3 is 0 Å². The molecule has 6 nitrogen and oxygen atoms in total. The number of anilines is 1. The van der Waals surface area contributed by atoms with E-state index in [0.29, 0.717) is 19.6 Å². The molecular weight excluding hydrogens is 378 g/mol. The zero-order valence-electron chi connectivity index (χ0n) is 16.2. The highest BCUT2D eigenvalue weighted by Crippen LogP contribution is 2.30. The lowest BCUT2D eigenvalue weighted by Crippen LogP contribution is -2.50. The summed E-state index contributed by atoms with van der Waals surface area (Å²) >= 11 is 0. The minimum absolute atomic E-state index is 0. The molecule has 0 aromatic heterocycles. The highest BCUT2D eigenvalue weighted by molar-refractivity contribution is 5.97. The zero-order chi connectivity index (χ0) is 18.8. The number of fused-ring (bicyclic) bond motifs is 1. The Morgan fingerprint density at radius 1 is 1.18 bits per heavy atom. The maximum absolute atomic E-state index is 12.9. The summed E-state index contributed by atoms with van der Waals surface area (Å²) in [6, 6.07) is 5.50. The molecule has 2 amide bonds. The normalized spacial score (nSPS) is 26.2. The van der Waals surface area contributed by atoms with Gasteiger partial charge in [0.15, 0.2) is 0 Å². The number of carbonyl (C=O) groups excluding carboxylic acids is 2. The molecule has 3 atom stereocenters. The van der Waals surface area contributed by atoms with Crippen LogP contribution in [0.5, 0.6) is 5.75 Å². The van der Waals surface area contributed by atoms with Crippen LogP contribution in [0, 0.1) is 5.92 Å². The minimum atomic E-state index is -0.381. The summed E-state index contributed by atoms with van der Waals surface area (Å²) in [5.41, 5.74) is 8.04. The molecule has 1 saturated carbocycles. The maximum Gasteiger partial charge on any atom is 0.247 e. The third-order valence-electron chi connectivity index (χ3n) is 6.24. The Morgan fingerprint density at radius 2 is 2.04 bits per heavy atom. The van der Waals surface area contributed by atoms with Gasteiger partial charge in [-0.3, -0.25) is 9.59 Å². The number of hydrogen-bond donors (Lipinski definition) is 2. The van der Waals surface area contributed by atoms with Gasteiger partial charge in [0.2, 0.25) is 11.8 Å². The van der Waals surface area contributed by atoms with Gasteiger partial charge in [-0.25, -0.2) is 0 Å². The number of nitrogens with zero attached hydrogens (tertiary/aromatic N) is 1. The highest BCUT2D eigenvalue weighted by Gasteiger charge is 2.35. The standard InChI is InChI=1S/C21H29N3O3.ClH/c22-17-5-3-4-14(17)13-20(25)24-10-2-1-6-18(24)21(26)23-16-7-8-19-15(12-16)9-11-27-19;/h7-8,12,14,17-18H,1-6,9-11,13,22H2,(H,23,26);1H/t14-,17+,18?;/m0./s1. The highest BCUT2D eigenvalue weighted by atomic mass is 35.5. The lowest BCUT2D eigenvalue weighted by Gasteiger charge is -2.35. The molecule has 1 aromatic rings. The molecule has 3 N–H and O–H groups in total.